The van der Waals surface area contributed by atoms with Crippen LogP contribution in [0.4, 0.5) is 0 Å². The van der Waals surface area contributed by atoms with Gasteiger partial charge in [0.15, 0.2) is 0 Å². The molecule has 8 heteroatoms. The molecule has 0 saturated carbocycles. The zero-order valence-corrected chi connectivity index (χ0v) is 10.7. The first-order valence-corrected chi connectivity index (χ1v) is 5.46. The zero-order chi connectivity index (χ0) is 10.7. The predicted molar refractivity (Wildman–Crippen MR) is 33.7 cm³/mol. The molecule has 0 amide bonds. The monoisotopic (exact) mass is 355 g/mol. The number of nitrogens with zero attached hydrogens (tertiary/aromatic N) is 6. The molecule has 0 aliphatic carbocycles. The molecule has 1 radical (unpaired) electrons. The van der Waals surface area contributed by atoms with Crippen LogP contribution in [-0.4, -0.2) is 0 Å². The summed E-state index contributed by atoms with van der Waals surface area (Å²) in [4.78, 5) is 0. The van der Waals surface area contributed by atoms with Crippen molar-refractivity contribution >= 4 is 0 Å². The molecule has 0 N–H and O–H groups in total. The van der Waals surface area contributed by atoms with E-state index in [0.29, 0.717) is 0 Å². The number of nitriles is 6. The first kappa shape index (κ1) is 15.3. The van der Waals surface area contributed by atoms with Gasteiger partial charge in [-0.25, -0.2) is 0 Å². The summed E-state index contributed by atoms with van der Waals surface area (Å²) >= 11 is 0. The van der Waals surface area contributed by atoms with Gasteiger partial charge in [-0.15, -0.1) is 0 Å². The molecule has 6 nitrogen and oxygen atoms in total. The molecule has 0 bridgehead atoms. The van der Waals surface area contributed by atoms with E-state index < -0.39 is 10.5 Å². The fourth-order valence-corrected chi connectivity index (χ4v) is 1.03. The second-order valence-electron chi connectivity index (χ2n) is 1.70. The van der Waals surface area contributed by atoms with E-state index in [9.17, 15) is 0 Å². The van der Waals surface area contributed by atoms with Crippen molar-refractivity contribution in [2.45, 2.75) is 0 Å². The smallest absolute Gasteiger partial charge is 3.00 e. The van der Waals surface area contributed by atoms with Crippen molar-refractivity contribution in [3.05, 3.63) is 0 Å². The molecule has 67 valence electrons. The number of rotatable bonds is 0. The maximum atomic E-state index is 8.58. The summed E-state index contributed by atoms with van der Waals surface area (Å²) in [5.41, 5.74) is 0. The summed E-state index contributed by atoms with van der Waals surface area (Å²) in [5.74, 6) is 0. The van der Waals surface area contributed by atoms with Gasteiger partial charge in [-0.05, 0) is 0 Å². The third-order valence-corrected chi connectivity index (χ3v) is 4.61. The van der Waals surface area contributed by atoms with Crippen LogP contribution in [0.2, 0.25) is 0 Å². The van der Waals surface area contributed by atoms with E-state index in [2.05, 4.69) is 0 Å². The molecule has 0 heterocycles. The maximum Gasteiger partial charge on any atom is 3.00 e. The van der Waals surface area contributed by atoms with E-state index in [-0.39, 0.29) is 41.7 Å². The third kappa shape index (κ3) is 1.26. The average Bonchev–Trinajstić information content (AvgIpc) is 2.26. The fraction of sp³-hybridized carbons (Fsp3) is 0. The molecule has 0 saturated heterocycles. The van der Waals surface area contributed by atoms with Crippen LogP contribution in [0.1, 0.15) is 0 Å². The van der Waals surface area contributed by atoms with Crippen molar-refractivity contribution in [1.82, 2.24) is 0 Å². The Labute approximate surface area is 112 Å². The summed E-state index contributed by atoms with van der Waals surface area (Å²) in [5, 5.41) is 57.6. The Morgan fingerprint density at radius 1 is 0.500 bits per heavy atom. The Morgan fingerprint density at radius 2 is 0.643 bits per heavy atom. The van der Waals surface area contributed by atoms with E-state index in [1.165, 1.54) is 0 Å². The molecule has 0 aromatic rings. The molecule has 0 atom stereocenters. The van der Waals surface area contributed by atoms with E-state index in [0.717, 1.165) is 30.0 Å². The van der Waals surface area contributed by atoms with Crippen LogP contribution in [0, 0.1) is 103 Å². The van der Waals surface area contributed by atoms with Crippen molar-refractivity contribution < 1.29 is 52.3 Å². The fourth-order valence-electron chi connectivity index (χ4n) is 0.250. The molecule has 0 fully saturated rings. The minimum Gasteiger partial charge on any atom is 3.00 e. The van der Waals surface area contributed by atoms with Gasteiger partial charge >= 0.3 is 114 Å². The van der Waals surface area contributed by atoms with Crippen LogP contribution in [0.25, 0.3) is 0 Å². The Hall–Kier alpha value is -1.18. The molecule has 0 aliphatic heterocycles. The van der Waals surface area contributed by atoms with Gasteiger partial charge in [0.1, 0.15) is 0 Å². The minimum atomic E-state index is -6.03. The average molecular weight is 355 g/mol. The predicted octanol–water partition coefficient (Wildman–Crippen LogP) is 0.0982. The van der Waals surface area contributed by atoms with E-state index in [1.54, 1.807) is 0 Å². The maximum absolute atomic E-state index is 8.58. The number of hydrogen-bond donors (Lipinski definition) is 0. The molecular formula is C6CeCoN6. The van der Waals surface area contributed by atoms with E-state index in [4.69, 9.17) is 31.6 Å². The normalized spacial score (nSPS) is 12.4. The van der Waals surface area contributed by atoms with Gasteiger partial charge in [0.25, 0.3) is 0 Å². The van der Waals surface area contributed by atoms with E-state index >= 15 is 0 Å². The zero-order valence-electron chi connectivity index (χ0n) is 6.52. The van der Waals surface area contributed by atoms with Crippen LogP contribution in [0.5, 0.6) is 0 Å². The SMILES string of the molecule is N#[C][Co-3]([C]#N)([C]#N)([C]#N)([C]#N)[C]#N.[Ce+3]. The van der Waals surface area contributed by atoms with Crippen LogP contribution < -0.4 is 0 Å². The molecule has 0 unspecified atom stereocenters. The first-order chi connectivity index (χ1) is 5.97. The summed E-state index contributed by atoms with van der Waals surface area (Å²) in [6, 6.07) is 0. The standard InChI is InChI=1S/6CN.Ce.Co/c6*1-2;;/q;;;;;;+3;-3. The van der Waals surface area contributed by atoms with Crippen molar-refractivity contribution in [3.8, 4) is 30.0 Å². The van der Waals surface area contributed by atoms with Gasteiger partial charge < -0.3 is 0 Å². The summed E-state index contributed by atoms with van der Waals surface area (Å²) in [7, 11) is -6.03. The van der Waals surface area contributed by atoms with Gasteiger partial charge in [0, 0.05) is 0 Å². The Morgan fingerprint density at radius 3 is 0.643 bits per heavy atom. The number of hydrogen-bond acceptors (Lipinski definition) is 6. The van der Waals surface area contributed by atoms with Crippen molar-refractivity contribution in [2.24, 2.45) is 0 Å². The van der Waals surface area contributed by atoms with Crippen LogP contribution in [0.15, 0.2) is 0 Å². The van der Waals surface area contributed by atoms with Gasteiger partial charge in [0.05, 0.1) is 0 Å². The van der Waals surface area contributed by atoms with Crippen LogP contribution in [0.3, 0.4) is 0 Å². The van der Waals surface area contributed by atoms with Gasteiger partial charge in [-0.2, -0.15) is 0 Å². The Kier molecular flexibility index (Phi) is 3.85. The largest absolute Gasteiger partial charge is 3.00 e. The molecule has 0 aromatic carbocycles. The van der Waals surface area contributed by atoms with Gasteiger partial charge in [-0.1, -0.05) is 0 Å². The van der Waals surface area contributed by atoms with Crippen molar-refractivity contribution in [2.75, 3.05) is 0 Å². The summed E-state index contributed by atoms with van der Waals surface area (Å²) in [6.07, 6.45) is 0. The molecule has 0 aromatic heterocycles. The Balaban J connectivity index is 0. The molecule has 14 heavy (non-hydrogen) atoms. The topological polar surface area (TPSA) is 143 Å². The molecule has 0 rings (SSSR count). The van der Waals surface area contributed by atoms with Gasteiger partial charge in [-0.3, -0.25) is 0 Å². The first-order valence-electron chi connectivity index (χ1n) is 2.34. The van der Waals surface area contributed by atoms with E-state index in [1.807, 2.05) is 0 Å². The molecular weight excluding hydrogens is 355 g/mol. The summed E-state index contributed by atoms with van der Waals surface area (Å²) < 4.78 is 0. The minimum absolute atomic E-state index is 0. The molecule has 0 spiro atoms. The Bertz CT molecular complexity index is 392. The van der Waals surface area contributed by atoms with Crippen LogP contribution in [-0.2, 0) is 10.5 Å². The molecule has 0 aliphatic rings. The third-order valence-electron chi connectivity index (χ3n) is 1.12. The second-order valence-corrected chi connectivity index (χ2v) is 7.00. The quantitative estimate of drug-likeness (QED) is 0.603. The van der Waals surface area contributed by atoms with Crippen molar-refractivity contribution in [1.29, 1.82) is 31.6 Å². The van der Waals surface area contributed by atoms with Crippen LogP contribution >= 0.6 is 0 Å². The summed E-state index contributed by atoms with van der Waals surface area (Å²) in [6.45, 7) is 0. The van der Waals surface area contributed by atoms with Gasteiger partial charge in [0.2, 0.25) is 0 Å². The van der Waals surface area contributed by atoms with Crippen molar-refractivity contribution in [3.63, 3.8) is 0 Å². The second kappa shape index (κ2) is 3.52.